The number of anilines is 1. The van der Waals surface area contributed by atoms with Crippen molar-refractivity contribution in [3.63, 3.8) is 0 Å². The summed E-state index contributed by atoms with van der Waals surface area (Å²) < 4.78 is 0. The van der Waals surface area contributed by atoms with E-state index in [-0.39, 0.29) is 0 Å². The van der Waals surface area contributed by atoms with Crippen molar-refractivity contribution in [1.82, 2.24) is 4.90 Å². The van der Waals surface area contributed by atoms with Gasteiger partial charge in [-0.3, -0.25) is 0 Å². The molecular weight excluding hydrogens is 304 g/mol. The number of piperazine rings is 1. The Bertz CT molecular complexity index is 700. The van der Waals surface area contributed by atoms with E-state index in [9.17, 15) is 0 Å². The van der Waals surface area contributed by atoms with Gasteiger partial charge >= 0.3 is 0 Å². The van der Waals surface area contributed by atoms with Crippen LogP contribution in [0.15, 0.2) is 70.6 Å². The van der Waals surface area contributed by atoms with Crippen LogP contribution in [0, 0.1) is 0 Å². The lowest BCUT2D eigenvalue weighted by atomic mass is 10.2. The molecule has 1 aliphatic heterocycles. The first-order valence-electron chi connectivity index (χ1n) is 7.63. The molecule has 2 aromatic rings. The summed E-state index contributed by atoms with van der Waals surface area (Å²) in [7, 11) is 0. The standard InChI is InChI=1S/C18H18N4S/c23-15-19-18(20-16-7-3-1-4-8-16)22-13-11-21(12-14-22)17-9-5-2-6-10-17/h1-10H,11-14H2. The molecule has 0 unspecified atom stereocenters. The molecule has 0 N–H and O–H groups in total. The van der Waals surface area contributed by atoms with Crippen molar-refractivity contribution in [2.45, 2.75) is 0 Å². The largest absolute Gasteiger partial charge is 0.368 e. The molecule has 0 atom stereocenters. The average molecular weight is 322 g/mol. The van der Waals surface area contributed by atoms with E-state index in [1.165, 1.54) is 5.69 Å². The van der Waals surface area contributed by atoms with Crippen LogP contribution in [0.1, 0.15) is 0 Å². The van der Waals surface area contributed by atoms with Crippen molar-refractivity contribution in [2.75, 3.05) is 31.1 Å². The predicted molar refractivity (Wildman–Crippen MR) is 98.8 cm³/mol. The Hall–Kier alpha value is -2.49. The van der Waals surface area contributed by atoms with E-state index in [1.807, 2.05) is 36.4 Å². The number of aliphatic imine (C=N–C) groups is 2. The number of guanidine groups is 1. The van der Waals surface area contributed by atoms with E-state index in [1.54, 1.807) is 0 Å². The molecule has 0 aromatic heterocycles. The lowest BCUT2D eigenvalue weighted by Gasteiger charge is -2.36. The van der Waals surface area contributed by atoms with Gasteiger partial charge in [0, 0.05) is 31.9 Å². The van der Waals surface area contributed by atoms with Gasteiger partial charge in [-0.1, -0.05) is 36.4 Å². The molecule has 2 aromatic carbocycles. The van der Waals surface area contributed by atoms with Gasteiger partial charge in [-0.15, -0.1) is 0 Å². The number of isothiocyanates is 1. The predicted octanol–water partition coefficient (Wildman–Crippen LogP) is 3.60. The third kappa shape index (κ3) is 4.03. The highest BCUT2D eigenvalue weighted by Gasteiger charge is 2.19. The zero-order valence-corrected chi connectivity index (χ0v) is 13.6. The van der Waals surface area contributed by atoms with Gasteiger partial charge < -0.3 is 9.80 Å². The number of rotatable bonds is 2. The summed E-state index contributed by atoms with van der Waals surface area (Å²) >= 11 is 4.78. The van der Waals surface area contributed by atoms with Crippen LogP contribution < -0.4 is 4.90 Å². The fraction of sp³-hybridized carbons (Fsp3) is 0.222. The topological polar surface area (TPSA) is 31.2 Å². The molecular formula is C18H18N4S. The third-order valence-corrected chi connectivity index (χ3v) is 3.91. The number of hydrogen-bond acceptors (Lipinski definition) is 3. The summed E-state index contributed by atoms with van der Waals surface area (Å²) in [6, 6.07) is 20.3. The van der Waals surface area contributed by atoms with Crippen molar-refractivity contribution in [1.29, 1.82) is 0 Å². The fourth-order valence-electron chi connectivity index (χ4n) is 2.63. The first kappa shape index (κ1) is 15.4. The van der Waals surface area contributed by atoms with Gasteiger partial charge in [0.25, 0.3) is 0 Å². The monoisotopic (exact) mass is 322 g/mol. The zero-order valence-electron chi connectivity index (χ0n) is 12.8. The van der Waals surface area contributed by atoms with Crippen LogP contribution in [0.3, 0.4) is 0 Å². The Morgan fingerprint density at radius 1 is 0.870 bits per heavy atom. The Balaban J connectivity index is 1.71. The molecule has 1 saturated heterocycles. The van der Waals surface area contributed by atoms with E-state index in [4.69, 9.17) is 12.2 Å². The number of nitrogens with zero attached hydrogens (tertiary/aromatic N) is 4. The number of thiocarbonyl (C=S) groups is 1. The third-order valence-electron chi connectivity index (χ3n) is 3.81. The summed E-state index contributed by atoms with van der Waals surface area (Å²) in [6.45, 7) is 3.59. The molecule has 3 rings (SSSR count). The Morgan fingerprint density at radius 2 is 1.48 bits per heavy atom. The van der Waals surface area contributed by atoms with Crippen molar-refractivity contribution in [3.05, 3.63) is 60.7 Å². The average Bonchev–Trinajstić information content (AvgIpc) is 2.63. The molecule has 0 amide bonds. The first-order valence-corrected chi connectivity index (χ1v) is 8.04. The second-order valence-electron chi connectivity index (χ2n) is 5.26. The van der Waals surface area contributed by atoms with Crippen LogP contribution in [-0.4, -0.2) is 42.2 Å². The van der Waals surface area contributed by atoms with Crippen molar-refractivity contribution < 1.29 is 0 Å². The molecule has 23 heavy (non-hydrogen) atoms. The maximum atomic E-state index is 4.78. The van der Waals surface area contributed by atoms with Gasteiger partial charge in [0.05, 0.1) is 10.8 Å². The molecule has 0 radical (unpaired) electrons. The Labute approximate surface area is 141 Å². The molecule has 0 bridgehead atoms. The van der Waals surface area contributed by atoms with E-state index in [0.29, 0.717) is 5.96 Å². The Morgan fingerprint density at radius 3 is 2.09 bits per heavy atom. The molecule has 0 saturated carbocycles. The van der Waals surface area contributed by atoms with Gasteiger partial charge in [-0.25, -0.2) is 4.99 Å². The van der Waals surface area contributed by atoms with E-state index < -0.39 is 0 Å². The number of para-hydroxylation sites is 2. The van der Waals surface area contributed by atoms with Gasteiger partial charge in [0.15, 0.2) is 0 Å². The van der Waals surface area contributed by atoms with Crippen LogP contribution in [0.4, 0.5) is 11.4 Å². The number of benzene rings is 2. The summed E-state index contributed by atoms with van der Waals surface area (Å²) in [4.78, 5) is 13.3. The lowest BCUT2D eigenvalue weighted by molar-refractivity contribution is 0.382. The normalized spacial score (nSPS) is 15.2. The maximum Gasteiger partial charge on any atom is 0.235 e. The molecule has 1 aliphatic rings. The van der Waals surface area contributed by atoms with Crippen molar-refractivity contribution in [2.24, 2.45) is 9.98 Å². The van der Waals surface area contributed by atoms with Gasteiger partial charge in [-0.2, -0.15) is 4.99 Å². The van der Waals surface area contributed by atoms with Gasteiger partial charge in [0.2, 0.25) is 5.96 Å². The van der Waals surface area contributed by atoms with Crippen molar-refractivity contribution in [3.8, 4) is 0 Å². The molecule has 4 nitrogen and oxygen atoms in total. The molecule has 1 heterocycles. The van der Waals surface area contributed by atoms with Crippen LogP contribution in [0.5, 0.6) is 0 Å². The fourth-order valence-corrected chi connectivity index (χ4v) is 2.71. The zero-order chi connectivity index (χ0) is 15.9. The minimum Gasteiger partial charge on any atom is -0.368 e. The van der Waals surface area contributed by atoms with E-state index in [0.717, 1.165) is 31.9 Å². The quantitative estimate of drug-likeness (QED) is 0.481. The molecule has 0 aliphatic carbocycles. The van der Waals surface area contributed by atoms with Gasteiger partial charge in [-0.05, 0) is 36.5 Å². The summed E-state index contributed by atoms with van der Waals surface area (Å²) in [5.41, 5.74) is 2.13. The highest BCUT2D eigenvalue weighted by Crippen LogP contribution is 2.17. The highest BCUT2D eigenvalue weighted by molar-refractivity contribution is 7.78. The van der Waals surface area contributed by atoms with Gasteiger partial charge in [0.1, 0.15) is 0 Å². The maximum absolute atomic E-state index is 4.78. The Kier molecular flexibility index (Phi) is 5.14. The second-order valence-corrected chi connectivity index (χ2v) is 5.44. The van der Waals surface area contributed by atoms with Crippen LogP contribution in [0.2, 0.25) is 0 Å². The molecule has 0 spiro atoms. The smallest absolute Gasteiger partial charge is 0.235 e. The summed E-state index contributed by atoms with van der Waals surface area (Å²) in [5.74, 6) is 0.638. The SMILES string of the molecule is S=C=NC(=Nc1ccccc1)N1CCN(c2ccccc2)CC1. The van der Waals surface area contributed by atoms with Crippen LogP contribution in [-0.2, 0) is 0 Å². The second kappa shape index (κ2) is 7.68. The molecule has 5 heteroatoms. The minimum absolute atomic E-state index is 0.638. The lowest BCUT2D eigenvalue weighted by Crippen LogP contribution is -2.48. The van der Waals surface area contributed by atoms with Crippen LogP contribution in [0.25, 0.3) is 0 Å². The number of hydrogen-bond donors (Lipinski definition) is 0. The molecule has 1 fully saturated rings. The van der Waals surface area contributed by atoms with Crippen LogP contribution >= 0.6 is 12.2 Å². The summed E-state index contributed by atoms with van der Waals surface area (Å²) in [5, 5.41) is 2.45. The van der Waals surface area contributed by atoms with E-state index >= 15 is 0 Å². The van der Waals surface area contributed by atoms with Crippen molar-refractivity contribution >= 4 is 34.7 Å². The minimum atomic E-state index is 0.638. The molecule has 116 valence electrons. The summed E-state index contributed by atoms with van der Waals surface area (Å²) in [6.07, 6.45) is 0. The highest BCUT2D eigenvalue weighted by atomic mass is 32.1. The van der Waals surface area contributed by atoms with E-state index in [2.05, 4.69) is 49.2 Å². The first-order chi connectivity index (χ1) is 11.4.